The van der Waals surface area contributed by atoms with E-state index in [0.717, 1.165) is 57.8 Å². The fourth-order valence-corrected chi connectivity index (χ4v) is 4.51. The van der Waals surface area contributed by atoms with Crippen LogP contribution >= 0.6 is 0 Å². The lowest BCUT2D eigenvalue weighted by molar-refractivity contribution is -0.145. The zero-order valence-electron chi connectivity index (χ0n) is 20.4. The van der Waals surface area contributed by atoms with Crippen molar-refractivity contribution in [1.29, 1.82) is 0 Å². The fraction of sp³-hybridized carbons (Fsp3) is 0.808. The molecule has 1 aliphatic rings. The quantitative estimate of drug-likeness (QED) is 0.174. The Morgan fingerprint density at radius 1 is 1.16 bits per heavy atom. The van der Waals surface area contributed by atoms with E-state index in [1.807, 2.05) is 13.0 Å². The van der Waals surface area contributed by atoms with Gasteiger partial charge in [0.15, 0.2) is 0 Å². The van der Waals surface area contributed by atoms with Crippen molar-refractivity contribution in [2.45, 2.75) is 111 Å². The van der Waals surface area contributed by atoms with Gasteiger partial charge in [0.05, 0.1) is 6.61 Å². The highest BCUT2D eigenvalue weighted by molar-refractivity contribution is 5.87. The van der Waals surface area contributed by atoms with Gasteiger partial charge in [0.2, 0.25) is 0 Å². The zero-order chi connectivity index (χ0) is 23.3. The van der Waals surface area contributed by atoms with Gasteiger partial charge in [0.1, 0.15) is 11.9 Å². The minimum absolute atomic E-state index is 0.126. The van der Waals surface area contributed by atoms with Crippen molar-refractivity contribution in [2.75, 3.05) is 6.61 Å². The SMILES string of the molecule is CCCCCC(C=C[C@@H]1CCC(=O)[C@@]1(C)CCC(C)CCCC(=O)OCC)OC(C)=O. The molecule has 0 radical (unpaired) electrons. The molecular weight excluding hydrogens is 392 g/mol. The molecule has 178 valence electrons. The summed E-state index contributed by atoms with van der Waals surface area (Å²) in [5.41, 5.74) is -0.351. The minimum Gasteiger partial charge on any atom is -0.466 e. The van der Waals surface area contributed by atoms with Gasteiger partial charge >= 0.3 is 11.9 Å². The van der Waals surface area contributed by atoms with Crippen LogP contribution < -0.4 is 0 Å². The summed E-state index contributed by atoms with van der Waals surface area (Å²) in [4.78, 5) is 35.7. The number of carbonyl (C=O) groups excluding carboxylic acids is 3. The second kappa shape index (κ2) is 14.4. The van der Waals surface area contributed by atoms with Crippen LogP contribution in [0.4, 0.5) is 0 Å². The lowest BCUT2D eigenvalue weighted by Crippen LogP contribution is -2.29. The Labute approximate surface area is 189 Å². The van der Waals surface area contributed by atoms with Gasteiger partial charge in [-0.3, -0.25) is 14.4 Å². The van der Waals surface area contributed by atoms with Gasteiger partial charge in [-0.2, -0.15) is 0 Å². The summed E-state index contributed by atoms with van der Waals surface area (Å²) in [6.45, 7) is 10.2. The van der Waals surface area contributed by atoms with Gasteiger partial charge in [-0.05, 0) is 63.4 Å². The normalized spacial score (nSPS) is 23.1. The number of hydrogen-bond donors (Lipinski definition) is 0. The van der Waals surface area contributed by atoms with E-state index >= 15 is 0 Å². The molecule has 0 aromatic heterocycles. The highest BCUT2D eigenvalue weighted by Crippen LogP contribution is 2.45. The number of ether oxygens (including phenoxy) is 2. The predicted octanol–water partition coefficient (Wildman–Crippen LogP) is 6.19. The molecule has 1 saturated carbocycles. The Bertz CT molecular complexity index is 597. The predicted molar refractivity (Wildman–Crippen MR) is 124 cm³/mol. The minimum atomic E-state index is -0.351. The molecule has 0 N–H and O–H groups in total. The third-order valence-corrected chi connectivity index (χ3v) is 6.65. The van der Waals surface area contributed by atoms with Gasteiger partial charge in [-0.25, -0.2) is 0 Å². The number of esters is 2. The standard InChI is InChI=1S/C26H44O5/c1-6-8-9-12-23(31-21(4)27)16-14-22-15-17-24(28)26(22,5)19-18-20(3)11-10-13-25(29)30-7-2/h14,16,20,22-23H,6-13,15,17-19H2,1-5H3/t20?,22-,23?,26+/m1/s1. The molecule has 2 unspecified atom stereocenters. The second-order valence-corrected chi connectivity index (χ2v) is 9.36. The molecule has 1 fully saturated rings. The Hall–Kier alpha value is -1.65. The Morgan fingerprint density at radius 2 is 1.90 bits per heavy atom. The number of hydrogen-bond acceptors (Lipinski definition) is 5. The van der Waals surface area contributed by atoms with Gasteiger partial charge in [-0.15, -0.1) is 0 Å². The first-order valence-corrected chi connectivity index (χ1v) is 12.3. The highest BCUT2D eigenvalue weighted by Gasteiger charge is 2.44. The largest absolute Gasteiger partial charge is 0.466 e. The maximum absolute atomic E-state index is 12.7. The highest BCUT2D eigenvalue weighted by atomic mass is 16.5. The topological polar surface area (TPSA) is 69.7 Å². The summed E-state index contributed by atoms with van der Waals surface area (Å²) in [6.07, 6.45) is 13.6. The molecule has 0 aromatic carbocycles. The molecular formula is C26H44O5. The van der Waals surface area contributed by atoms with Gasteiger partial charge < -0.3 is 9.47 Å². The number of unbranched alkanes of at least 4 members (excludes halogenated alkanes) is 2. The average Bonchev–Trinajstić information content (AvgIpc) is 2.99. The van der Waals surface area contributed by atoms with Crippen molar-refractivity contribution in [3.05, 3.63) is 12.2 Å². The van der Waals surface area contributed by atoms with Crippen LogP contribution in [0.5, 0.6) is 0 Å². The van der Waals surface area contributed by atoms with Crippen molar-refractivity contribution in [2.24, 2.45) is 17.3 Å². The van der Waals surface area contributed by atoms with E-state index in [1.165, 1.54) is 6.92 Å². The molecule has 0 aliphatic heterocycles. The lowest BCUT2D eigenvalue weighted by Gasteiger charge is -2.30. The maximum atomic E-state index is 12.7. The third-order valence-electron chi connectivity index (χ3n) is 6.65. The van der Waals surface area contributed by atoms with E-state index in [4.69, 9.17) is 9.47 Å². The number of carbonyl (C=O) groups is 3. The van der Waals surface area contributed by atoms with Crippen LogP contribution in [0.2, 0.25) is 0 Å². The number of ketones is 1. The summed E-state index contributed by atoms with van der Waals surface area (Å²) in [7, 11) is 0. The van der Waals surface area contributed by atoms with E-state index in [2.05, 4.69) is 26.8 Å². The van der Waals surface area contributed by atoms with Crippen LogP contribution in [-0.4, -0.2) is 30.4 Å². The fourth-order valence-electron chi connectivity index (χ4n) is 4.51. The van der Waals surface area contributed by atoms with Crippen molar-refractivity contribution in [3.8, 4) is 0 Å². The van der Waals surface area contributed by atoms with Crippen LogP contribution in [0.25, 0.3) is 0 Å². The summed E-state index contributed by atoms with van der Waals surface area (Å²) in [5.74, 6) is 0.617. The molecule has 1 rings (SSSR count). The summed E-state index contributed by atoms with van der Waals surface area (Å²) < 4.78 is 10.5. The first kappa shape index (κ1) is 27.4. The number of allylic oxidation sites excluding steroid dienone is 1. The van der Waals surface area contributed by atoms with Crippen molar-refractivity contribution >= 4 is 17.7 Å². The molecule has 0 saturated heterocycles. The molecule has 1 aliphatic carbocycles. The molecule has 0 spiro atoms. The number of Topliss-reactive ketones (excluding diaryl/α,β-unsaturated/α-hetero) is 1. The van der Waals surface area contributed by atoms with Crippen molar-refractivity contribution in [3.63, 3.8) is 0 Å². The first-order chi connectivity index (χ1) is 14.7. The smallest absolute Gasteiger partial charge is 0.305 e. The monoisotopic (exact) mass is 436 g/mol. The van der Waals surface area contributed by atoms with E-state index < -0.39 is 0 Å². The van der Waals surface area contributed by atoms with E-state index in [1.54, 1.807) is 0 Å². The Morgan fingerprint density at radius 3 is 2.55 bits per heavy atom. The van der Waals surface area contributed by atoms with Crippen LogP contribution in [0.1, 0.15) is 105 Å². The molecule has 0 bridgehead atoms. The summed E-state index contributed by atoms with van der Waals surface area (Å²) in [6, 6.07) is 0. The van der Waals surface area contributed by atoms with Gasteiger partial charge in [0, 0.05) is 25.2 Å². The van der Waals surface area contributed by atoms with E-state index in [-0.39, 0.29) is 29.4 Å². The molecule has 0 heterocycles. The average molecular weight is 437 g/mol. The second-order valence-electron chi connectivity index (χ2n) is 9.36. The Balaban J connectivity index is 2.62. The number of rotatable bonds is 15. The molecule has 31 heavy (non-hydrogen) atoms. The first-order valence-electron chi connectivity index (χ1n) is 12.3. The van der Waals surface area contributed by atoms with Gasteiger partial charge in [0.25, 0.3) is 0 Å². The summed E-state index contributed by atoms with van der Waals surface area (Å²) >= 11 is 0. The van der Waals surface area contributed by atoms with E-state index in [9.17, 15) is 14.4 Å². The van der Waals surface area contributed by atoms with Crippen LogP contribution in [-0.2, 0) is 23.9 Å². The molecule has 5 nitrogen and oxygen atoms in total. The van der Waals surface area contributed by atoms with E-state index in [0.29, 0.717) is 31.1 Å². The van der Waals surface area contributed by atoms with Crippen LogP contribution in [0, 0.1) is 17.3 Å². The van der Waals surface area contributed by atoms with Gasteiger partial charge in [-0.1, -0.05) is 46.1 Å². The zero-order valence-corrected chi connectivity index (χ0v) is 20.4. The molecule has 0 aromatic rings. The van der Waals surface area contributed by atoms with Crippen molar-refractivity contribution < 1.29 is 23.9 Å². The van der Waals surface area contributed by atoms with Crippen LogP contribution in [0.15, 0.2) is 12.2 Å². The third kappa shape index (κ3) is 10.0. The molecule has 5 heteroatoms. The molecule has 0 amide bonds. The Kier molecular flexibility index (Phi) is 12.7. The lowest BCUT2D eigenvalue weighted by atomic mass is 9.73. The van der Waals surface area contributed by atoms with Crippen LogP contribution in [0.3, 0.4) is 0 Å². The summed E-state index contributed by atoms with van der Waals surface area (Å²) in [5, 5.41) is 0. The maximum Gasteiger partial charge on any atom is 0.305 e. The molecule has 4 atom stereocenters. The van der Waals surface area contributed by atoms with Crippen molar-refractivity contribution in [1.82, 2.24) is 0 Å².